The minimum atomic E-state index is -1.56. The van der Waals surface area contributed by atoms with Gasteiger partial charge in [0, 0.05) is 0 Å². The van der Waals surface area contributed by atoms with Crippen molar-refractivity contribution in [2.45, 2.75) is 32.9 Å². The van der Waals surface area contributed by atoms with Gasteiger partial charge in [0.05, 0.1) is 27.6 Å². The molecule has 1 rings (SSSR count). The number of carbonyl (C=O) groups is 3. The van der Waals surface area contributed by atoms with Gasteiger partial charge in [-0.3, -0.25) is 4.79 Å². The molecule has 1 amide bonds. The minimum Gasteiger partial charge on any atom is -0.481 e. The molecule has 0 aliphatic rings. The van der Waals surface area contributed by atoms with E-state index in [9.17, 15) is 24.6 Å². The summed E-state index contributed by atoms with van der Waals surface area (Å²) in [4.78, 5) is 36.2. The standard InChI is InChI=1S/C20H25Cl2NO7/c1-5-9-29-19(28)23-16(15(17(25)26)20(2,3)4)13(24)10-30-18(27)14-11(21)7-6-8-12(14)22/h5-8,13,15-16,24H,1,9-10H2,2-4H3,(H,23,28)(H,25,26)/t13?,15?,16-/m1/s1. The molecule has 1 aromatic rings. The van der Waals surface area contributed by atoms with E-state index >= 15 is 0 Å². The molecule has 166 valence electrons. The Morgan fingerprint density at radius 3 is 2.23 bits per heavy atom. The molecule has 2 unspecified atom stereocenters. The highest BCUT2D eigenvalue weighted by Gasteiger charge is 2.43. The molecule has 0 spiro atoms. The zero-order chi connectivity index (χ0) is 23.1. The van der Waals surface area contributed by atoms with Crippen LogP contribution < -0.4 is 5.32 Å². The van der Waals surface area contributed by atoms with Gasteiger partial charge in [-0.2, -0.15) is 0 Å². The molecule has 3 atom stereocenters. The van der Waals surface area contributed by atoms with E-state index in [1.807, 2.05) is 0 Å². The maximum absolute atomic E-state index is 12.3. The lowest BCUT2D eigenvalue weighted by Crippen LogP contribution is -2.55. The first-order valence-corrected chi connectivity index (χ1v) is 9.72. The van der Waals surface area contributed by atoms with Crippen molar-refractivity contribution in [3.63, 3.8) is 0 Å². The van der Waals surface area contributed by atoms with Crippen molar-refractivity contribution in [2.24, 2.45) is 11.3 Å². The molecule has 3 N–H and O–H groups in total. The third-order valence-corrected chi connectivity index (χ3v) is 4.77. The lowest BCUT2D eigenvalue weighted by Gasteiger charge is -2.36. The summed E-state index contributed by atoms with van der Waals surface area (Å²) in [6.07, 6.45) is -1.18. The molecule has 0 heterocycles. The van der Waals surface area contributed by atoms with E-state index < -0.39 is 48.1 Å². The van der Waals surface area contributed by atoms with E-state index in [0.29, 0.717) is 0 Å². The average molecular weight is 462 g/mol. The molecule has 0 saturated heterocycles. The molecule has 1 aromatic carbocycles. The monoisotopic (exact) mass is 461 g/mol. The SMILES string of the molecule is C=CCOC(=O)N[C@H](C(O)COC(=O)c1c(Cl)cccc1Cl)C(C(=O)O)C(C)(C)C. The number of benzene rings is 1. The smallest absolute Gasteiger partial charge is 0.407 e. The summed E-state index contributed by atoms with van der Waals surface area (Å²) < 4.78 is 9.90. The van der Waals surface area contributed by atoms with Crippen molar-refractivity contribution in [3.05, 3.63) is 46.5 Å². The second-order valence-corrected chi connectivity index (χ2v) is 8.32. The Kier molecular flexibility index (Phi) is 9.61. The number of hydrogen-bond acceptors (Lipinski definition) is 6. The summed E-state index contributed by atoms with van der Waals surface area (Å²) in [5, 5.41) is 22.7. The zero-order valence-electron chi connectivity index (χ0n) is 16.9. The van der Waals surface area contributed by atoms with Crippen molar-refractivity contribution in [3.8, 4) is 0 Å². The summed E-state index contributed by atoms with van der Waals surface area (Å²) in [5.41, 5.74) is -0.951. The van der Waals surface area contributed by atoms with Crippen molar-refractivity contribution in [1.29, 1.82) is 0 Å². The number of carboxylic acid groups (broad SMARTS) is 1. The van der Waals surface area contributed by atoms with Gasteiger partial charge in [-0.05, 0) is 17.5 Å². The van der Waals surface area contributed by atoms with Crippen LogP contribution in [0.25, 0.3) is 0 Å². The molecule has 0 aliphatic heterocycles. The molecule has 0 bridgehead atoms. The molecule has 0 radical (unpaired) electrons. The predicted molar refractivity (Wildman–Crippen MR) is 112 cm³/mol. The normalized spacial score (nSPS) is 14.2. The van der Waals surface area contributed by atoms with Crippen LogP contribution in [0.1, 0.15) is 31.1 Å². The van der Waals surface area contributed by atoms with Crippen LogP contribution in [0.5, 0.6) is 0 Å². The number of rotatable bonds is 9. The minimum absolute atomic E-state index is 0.0581. The third kappa shape index (κ3) is 7.19. The lowest BCUT2D eigenvalue weighted by atomic mass is 9.74. The molecular formula is C20H25Cl2NO7. The number of ether oxygens (including phenoxy) is 2. The lowest BCUT2D eigenvalue weighted by molar-refractivity contribution is -0.149. The Morgan fingerprint density at radius 1 is 1.20 bits per heavy atom. The summed E-state index contributed by atoms with van der Waals surface area (Å²) in [7, 11) is 0. The number of aliphatic hydroxyl groups excluding tert-OH is 1. The van der Waals surface area contributed by atoms with E-state index in [4.69, 9.17) is 32.7 Å². The van der Waals surface area contributed by atoms with E-state index in [1.54, 1.807) is 26.8 Å². The van der Waals surface area contributed by atoms with E-state index in [2.05, 4.69) is 11.9 Å². The number of carbonyl (C=O) groups excluding carboxylic acids is 2. The first kappa shape index (κ1) is 25.7. The number of alkyl carbamates (subject to hydrolysis) is 1. The topological polar surface area (TPSA) is 122 Å². The van der Waals surface area contributed by atoms with Crippen molar-refractivity contribution < 1.29 is 34.1 Å². The number of nitrogens with one attached hydrogen (secondary N) is 1. The van der Waals surface area contributed by atoms with Crippen LogP contribution in [0.3, 0.4) is 0 Å². The van der Waals surface area contributed by atoms with Gasteiger partial charge in [0.1, 0.15) is 19.3 Å². The van der Waals surface area contributed by atoms with Gasteiger partial charge >= 0.3 is 18.0 Å². The maximum atomic E-state index is 12.3. The number of hydrogen-bond donors (Lipinski definition) is 3. The van der Waals surface area contributed by atoms with Crippen LogP contribution in [0.2, 0.25) is 10.0 Å². The van der Waals surface area contributed by atoms with Gasteiger partial charge in [0.2, 0.25) is 0 Å². The molecular weight excluding hydrogens is 437 g/mol. The maximum Gasteiger partial charge on any atom is 0.407 e. The van der Waals surface area contributed by atoms with Crippen LogP contribution in [0.4, 0.5) is 4.79 Å². The summed E-state index contributed by atoms with van der Waals surface area (Å²) in [5.74, 6) is -3.39. The molecule has 30 heavy (non-hydrogen) atoms. The van der Waals surface area contributed by atoms with Crippen molar-refractivity contribution in [1.82, 2.24) is 5.32 Å². The van der Waals surface area contributed by atoms with Crippen molar-refractivity contribution >= 4 is 41.2 Å². The van der Waals surface area contributed by atoms with Crippen molar-refractivity contribution in [2.75, 3.05) is 13.2 Å². The molecule has 8 nitrogen and oxygen atoms in total. The average Bonchev–Trinajstić information content (AvgIpc) is 2.62. The highest BCUT2D eigenvalue weighted by atomic mass is 35.5. The fraction of sp³-hybridized carbons (Fsp3) is 0.450. The highest BCUT2D eigenvalue weighted by Crippen LogP contribution is 2.31. The summed E-state index contributed by atoms with van der Waals surface area (Å²) >= 11 is 11.9. The molecule has 0 aromatic heterocycles. The largest absolute Gasteiger partial charge is 0.481 e. The van der Waals surface area contributed by atoms with Crippen LogP contribution in [0, 0.1) is 11.3 Å². The Bertz CT molecular complexity index is 772. The first-order chi connectivity index (χ1) is 13.9. The van der Waals surface area contributed by atoms with Gasteiger partial charge in [-0.1, -0.05) is 62.7 Å². The van der Waals surface area contributed by atoms with Gasteiger partial charge in [0.15, 0.2) is 0 Å². The van der Waals surface area contributed by atoms with Crippen LogP contribution in [-0.2, 0) is 14.3 Å². The number of halogens is 2. The summed E-state index contributed by atoms with van der Waals surface area (Å²) in [6.45, 7) is 7.60. The van der Waals surface area contributed by atoms with Gasteiger partial charge in [0.25, 0.3) is 0 Å². The number of aliphatic hydroxyl groups is 1. The fourth-order valence-electron chi connectivity index (χ4n) is 2.81. The van der Waals surface area contributed by atoms with Crippen LogP contribution in [0.15, 0.2) is 30.9 Å². The highest BCUT2D eigenvalue weighted by molar-refractivity contribution is 6.39. The summed E-state index contributed by atoms with van der Waals surface area (Å²) in [6, 6.07) is 3.11. The van der Waals surface area contributed by atoms with E-state index in [-0.39, 0.29) is 22.2 Å². The van der Waals surface area contributed by atoms with Crippen LogP contribution >= 0.6 is 23.2 Å². The second-order valence-electron chi connectivity index (χ2n) is 7.50. The third-order valence-electron chi connectivity index (χ3n) is 4.14. The van der Waals surface area contributed by atoms with Crippen LogP contribution in [-0.4, -0.2) is 53.6 Å². The van der Waals surface area contributed by atoms with Gasteiger partial charge < -0.3 is 25.0 Å². The zero-order valence-corrected chi connectivity index (χ0v) is 18.4. The number of aliphatic carboxylic acids is 1. The fourth-order valence-corrected chi connectivity index (χ4v) is 3.36. The quantitative estimate of drug-likeness (QED) is 0.379. The predicted octanol–water partition coefficient (Wildman–Crippen LogP) is 3.54. The second kappa shape index (κ2) is 11.2. The Balaban J connectivity index is 3.04. The first-order valence-electron chi connectivity index (χ1n) is 8.96. The van der Waals surface area contributed by atoms with E-state index in [0.717, 1.165) is 0 Å². The van der Waals surface area contributed by atoms with Gasteiger partial charge in [-0.25, -0.2) is 9.59 Å². The Hall–Kier alpha value is -2.29. The number of carboxylic acids is 1. The number of esters is 1. The molecule has 10 heteroatoms. The number of amides is 1. The van der Waals surface area contributed by atoms with Gasteiger partial charge in [-0.15, -0.1) is 0 Å². The van der Waals surface area contributed by atoms with E-state index in [1.165, 1.54) is 18.2 Å². The Labute approximate surface area is 184 Å². The molecule has 0 fully saturated rings. The Morgan fingerprint density at radius 2 is 1.77 bits per heavy atom. The molecule has 0 aliphatic carbocycles. The molecule has 0 saturated carbocycles.